The Morgan fingerprint density at radius 2 is 1.92 bits per heavy atom. The predicted octanol–water partition coefficient (Wildman–Crippen LogP) is 5.74. The molecule has 4 nitrogen and oxygen atoms in total. The van der Waals surface area contributed by atoms with Crippen molar-refractivity contribution >= 4 is 34.6 Å². The number of phenolic OH excluding ortho intramolecular Hbond substituents is 1. The molecule has 0 aliphatic heterocycles. The van der Waals surface area contributed by atoms with Crippen molar-refractivity contribution in [1.82, 2.24) is 4.98 Å². The number of aromatic hydroxyl groups is 1. The zero-order valence-electron chi connectivity index (χ0n) is 13.4. The maximum atomic E-state index is 13.4. The quantitative estimate of drug-likeness (QED) is 0.470. The molecule has 3 aromatic carbocycles. The molecule has 0 saturated heterocycles. The Labute approximate surface area is 153 Å². The molecule has 0 amide bonds. The minimum Gasteiger partial charge on any atom is -0.506 e. The van der Waals surface area contributed by atoms with Gasteiger partial charge in [0.25, 0.3) is 0 Å². The third-order valence-corrected chi connectivity index (χ3v) is 4.12. The van der Waals surface area contributed by atoms with Gasteiger partial charge in [-0.25, -0.2) is 9.37 Å². The molecule has 4 aromatic rings. The number of para-hydroxylation sites is 1. The lowest BCUT2D eigenvalue weighted by molar-refractivity contribution is 0.475. The van der Waals surface area contributed by atoms with Gasteiger partial charge < -0.3 is 9.52 Å². The SMILES string of the molecule is Oc1c(Cl)cccc1C=Nc1ccc2oc(-c3cccc(F)c3)nc2c1. The molecule has 6 heteroatoms. The second kappa shape index (κ2) is 6.61. The van der Waals surface area contributed by atoms with Crippen molar-refractivity contribution < 1.29 is 13.9 Å². The monoisotopic (exact) mass is 366 g/mol. The molecule has 0 radical (unpaired) electrons. The van der Waals surface area contributed by atoms with E-state index in [9.17, 15) is 9.50 Å². The molecule has 1 aromatic heterocycles. The van der Waals surface area contributed by atoms with Gasteiger partial charge in [0.05, 0.1) is 10.7 Å². The van der Waals surface area contributed by atoms with Gasteiger partial charge in [0.1, 0.15) is 17.1 Å². The van der Waals surface area contributed by atoms with Crippen molar-refractivity contribution in [2.45, 2.75) is 0 Å². The lowest BCUT2D eigenvalue weighted by Gasteiger charge is -2.00. The molecule has 0 saturated carbocycles. The number of nitrogens with zero attached hydrogens (tertiary/aromatic N) is 2. The van der Waals surface area contributed by atoms with Gasteiger partial charge in [-0.15, -0.1) is 0 Å². The van der Waals surface area contributed by atoms with Crippen molar-refractivity contribution in [3.63, 3.8) is 0 Å². The molecule has 0 spiro atoms. The molecule has 0 aliphatic rings. The fraction of sp³-hybridized carbons (Fsp3) is 0. The Bertz CT molecular complexity index is 1140. The standard InChI is InChI=1S/C20H12ClFN2O2/c21-16-6-2-4-13(19(16)25)11-23-15-7-8-18-17(10-15)24-20(26-18)12-3-1-5-14(22)9-12/h1-11,25H. The van der Waals surface area contributed by atoms with Crippen LogP contribution in [0.1, 0.15) is 5.56 Å². The number of aliphatic imine (C=N–C) groups is 1. The average Bonchev–Trinajstić information content (AvgIpc) is 3.06. The summed E-state index contributed by atoms with van der Waals surface area (Å²) in [5, 5.41) is 10.2. The minimum atomic E-state index is -0.351. The normalized spacial score (nSPS) is 11.5. The second-order valence-electron chi connectivity index (χ2n) is 5.62. The number of fused-ring (bicyclic) bond motifs is 1. The van der Waals surface area contributed by atoms with Crippen LogP contribution in [0.25, 0.3) is 22.6 Å². The van der Waals surface area contributed by atoms with Crippen LogP contribution in [0.5, 0.6) is 5.75 Å². The Morgan fingerprint density at radius 3 is 2.77 bits per heavy atom. The largest absolute Gasteiger partial charge is 0.506 e. The molecule has 128 valence electrons. The molecule has 0 unspecified atom stereocenters. The second-order valence-corrected chi connectivity index (χ2v) is 6.02. The summed E-state index contributed by atoms with van der Waals surface area (Å²) in [6, 6.07) is 16.4. The van der Waals surface area contributed by atoms with E-state index in [-0.39, 0.29) is 16.6 Å². The molecule has 1 heterocycles. The highest BCUT2D eigenvalue weighted by Gasteiger charge is 2.09. The Balaban J connectivity index is 1.67. The van der Waals surface area contributed by atoms with Crippen LogP contribution in [0.4, 0.5) is 10.1 Å². The first-order valence-corrected chi connectivity index (χ1v) is 8.16. The Morgan fingerprint density at radius 1 is 1.08 bits per heavy atom. The molecule has 0 bridgehead atoms. The number of phenols is 1. The van der Waals surface area contributed by atoms with Crippen molar-refractivity contribution in [2.24, 2.45) is 4.99 Å². The fourth-order valence-electron chi connectivity index (χ4n) is 2.52. The summed E-state index contributed by atoms with van der Waals surface area (Å²) >= 11 is 5.89. The van der Waals surface area contributed by atoms with Gasteiger partial charge in [-0.1, -0.05) is 23.7 Å². The van der Waals surface area contributed by atoms with Gasteiger partial charge in [-0.2, -0.15) is 0 Å². The van der Waals surface area contributed by atoms with E-state index in [4.69, 9.17) is 16.0 Å². The van der Waals surface area contributed by atoms with E-state index < -0.39 is 0 Å². The van der Waals surface area contributed by atoms with Crippen LogP contribution in [0.2, 0.25) is 5.02 Å². The minimum absolute atomic E-state index is 0.0196. The molecular formula is C20H12ClFN2O2. The number of hydrogen-bond acceptors (Lipinski definition) is 4. The molecule has 1 N–H and O–H groups in total. The summed E-state index contributed by atoms with van der Waals surface area (Å²) in [5.41, 5.74) is 2.90. The summed E-state index contributed by atoms with van der Waals surface area (Å²) in [4.78, 5) is 8.73. The smallest absolute Gasteiger partial charge is 0.227 e. The number of rotatable bonds is 3. The highest BCUT2D eigenvalue weighted by Crippen LogP contribution is 2.29. The van der Waals surface area contributed by atoms with E-state index in [0.717, 1.165) is 0 Å². The Hall–Kier alpha value is -3.18. The highest BCUT2D eigenvalue weighted by molar-refractivity contribution is 6.32. The molecular weight excluding hydrogens is 355 g/mol. The van der Waals surface area contributed by atoms with Gasteiger partial charge >= 0.3 is 0 Å². The molecule has 0 atom stereocenters. The number of aromatic nitrogens is 1. The van der Waals surface area contributed by atoms with Crippen LogP contribution >= 0.6 is 11.6 Å². The van der Waals surface area contributed by atoms with E-state index in [1.165, 1.54) is 18.3 Å². The first-order valence-electron chi connectivity index (χ1n) is 7.78. The van der Waals surface area contributed by atoms with Crippen molar-refractivity contribution in [3.8, 4) is 17.2 Å². The third-order valence-electron chi connectivity index (χ3n) is 3.81. The topological polar surface area (TPSA) is 58.6 Å². The Kier molecular flexibility index (Phi) is 4.14. The van der Waals surface area contributed by atoms with Crippen LogP contribution in [0.3, 0.4) is 0 Å². The molecule has 26 heavy (non-hydrogen) atoms. The van der Waals surface area contributed by atoms with Crippen LogP contribution in [0, 0.1) is 5.82 Å². The van der Waals surface area contributed by atoms with Crippen LogP contribution < -0.4 is 0 Å². The number of hydrogen-bond donors (Lipinski definition) is 1. The maximum Gasteiger partial charge on any atom is 0.227 e. The van der Waals surface area contributed by atoms with Crippen LogP contribution in [-0.4, -0.2) is 16.3 Å². The zero-order valence-corrected chi connectivity index (χ0v) is 14.1. The average molecular weight is 367 g/mol. The van der Waals surface area contributed by atoms with Crippen molar-refractivity contribution in [2.75, 3.05) is 0 Å². The summed E-state index contributed by atoms with van der Waals surface area (Å²) < 4.78 is 19.1. The van der Waals surface area contributed by atoms with Gasteiger partial charge in [0, 0.05) is 17.3 Å². The van der Waals surface area contributed by atoms with Gasteiger partial charge in [-0.3, -0.25) is 4.99 Å². The summed E-state index contributed by atoms with van der Waals surface area (Å²) in [7, 11) is 0. The van der Waals surface area contributed by atoms with E-state index in [2.05, 4.69) is 9.98 Å². The van der Waals surface area contributed by atoms with Gasteiger partial charge in [0.15, 0.2) is 5.58 Å². The lowest BCUT2D eigenvalue weighted by Crippen LogP contribution is -1.82. The predicted molar refractivity (Wildman–Crippen MR) is 99.8 cm³/mol. The number of oxazole rings is 1. The third kappa shape index (κ3) is 3.17. The molecule has 0 fully saturated rings. The fourth-order valence-corrected chi connectivity index (χ4v) is 2.70. The van der Waals surface area contributed by atoms with E-state index in [1.807, 2.05) is 0 Å². The van der Waals surface area contributed by atoms with Crippen molar-refractivity contribution in [3.05, 3.63) is 77.1 Å². The van der Waals surface area contributed by atoms with Gasteiger partial charge in [0.2, 0.25) is 5.89 Å². The van der Waals surface area contributed by atoms with Crippen molar-refractivity contribution in [1.29, 1.82) is 0 Å². The summed E-state index contributed by atoms with van der Waals surface area (Å²) in [5.74, 6) is -0.0293. The highest BCUT2D eigenvalue weighted by atomic mass is 35.5. The van der Waals surface area contributed by atoms with Crippen LogP contribution in [0.15, 0.2) is 70.1 Å². The maximum absolute atomic E-state index is 13.4. The van der Waals surface area contributed by atoms with E-state index >= 15 is 0 Å². The lowest BCUT2D eigenvalue weighted by atomic mass is 10.2. The molecule has 0 aliphatic carbocycles. The molecule has 4 rings (SSSR count). The number of halogens is 2. The van der Waals surface area contributed by atoms with Gasteiger partial charge in [-0.05, 0) is 48.5 Å². The summed E-state index contributed by atoms with van der Waals surface area (Å²) in [6.45, 7) is 0. The van der Waals surface area contributed by atoms with Crippen LogP contribution in [-0.2, 0) is 0 Å². The first kappa shape index (κ1) is 16.3. The number of benzene rings is 3. The van der Waals surface area contributed by atoms with E-state index in [0.29, 0.717) is 33.8 Å². The first-order chi connectivity index (χ1) is 12.6. The van der Waals surface area contributed by atoms with E-state index in [1.54, 1.807) is 48.5 Å². The summed E-state index contributed by atoms with van der Waals surface area (Å²) in [6.07, 6.45) is 1.52. The zero-order chi connectivity index (χ0) is 18.1.